The molecule has 0 radical (unpaired) electrons. The standard InChI is InChI=1S/C17H21ClF3NO2/c1-16(2,3)24-15(23)22-8-6-11(7-9-22)13-10-12(18)4-5-14(13)17(19,20)21/h4-5,10-11H,6-9H2,1-3H3. The number of halogens is 4. The van der Waals surface area contributed by atoms with Crippen LogP contribution < -0.4 is 0 Å². The van der Waals surface area contributed by atoms with E-state index in [2.05, 4.69) is 0 Å². The van der Waals surface area contributed by atoms with Crippen molar-refractivity contribution in [3.63, 3.8) is 0 Å². The van der Waals surface area contributed by atoms with Crippen molar-refractivity contribution in [2.75, 3.05) is 13.1 Å². The minimum atomic E-state index is -4.41. The van der Waals surface area contributed by atoms with E-state index >= 15 is 0 Å². The monoisotopic (exact) mass is 363 g/mol. The normalized spacial score (nSPS) is 17.0. The lowest BCUT2D eigenvalue weighted by Gasteiger charge is -2.34. The highest BCUT2D eigenvalue weighted by Crippen LogP contribution is 2.40. The van der Waals surface area contributed by atoms with Crippen LogP contribution in [0.4, 0.5) is 18.0 Å². The summed E-state index contributed by atoms with van der Waals surface area (Å²) in [5, 5.41) is 0.285. The molecule has 134 valence electrons. The topological polar surface area (TPSA) is 29.5 Å². The number of piperidine rings is 1. The van der Waals surface area contributed by atoms with Crippen LogP contribution in [0.5, 0.6) is 0 Å². The maximum absolute atomic E-state index is 13.2. The van der Waals surface area contributed by atoms with E-state index in [9.17, 15) is 18.0 Å². The third-order valence-corrected chi connectivity index (χ3v) is 4.14. The van der Waals surface area contributed by atoms with Gasteiger partial charge in [-0.25, -0.2) is 4.79 Å². The Bertz CT molecular complexity index is 603. The van der Waals surface area contributed by atoms with Crippen LogP contribution in [-0.2, 0) is 10.9 Å². The number of alkyl halides is 3. The quantitative estimate of drug-likeness (QED) is 0.661. The van der Waals surface area contributed by atoms with E-state index < -0.39 is 23.4 Å². The van der Waals surface area contributed by atoms with Crippen LogP contribution in [0.2, 0.25) is 5.02 Å². The number of carbonyl (C=O) groups is 1. The largest absolute Gasteiger partial charge is 0.444 e. The van der Waals surface area contributed by atoms with E-state index in [1.807, 2.05) is 0 Å². The number of rotatable bonds is 1. The molecule has 7 heteroatoms. The van der Waals surface area contributed by atoms with Crippen LogP contribution in [0.25, 0.3) is 0 Å². The molecule has 0 spiro atoms. The second-order valence-electron chi connectivity index (χ2n) is 6.97. The van der Waals surface area contributed by atoms with Gasteiger partial charge in [0, 0.05) is 18.1 Å². The summed E-state index contributed by atoms with van der Waals surface area (Å²) >= 11 is 5.89. The summed E-state index contributed by atoms with van der Waals surface area (Å²) in [6.45, 7) is 6.06. The number of nitrogens with zero attached hydrogens (tertiary/aromatic N) is 1. The smallest absolute Gasteiger partial charge is 0.416 e. The molecule has 1 aliphatic heterocycles. The van der Waals surface area contributed by atoms with Crippen LogP contribution in [0.15, 0.2) is 18.2 Å². The second kappa shape index (κ2) is 6.82. The third kappa shape index (κ3) is 4.79. The van der Waals surface area contributed by atoms with Gasteiger partial charge in [0.05, 0.1) is 5.56 Å². The molecule has 0 atom stereocenters. The summed E-state index contributed by atoms with van der Waals surface area (Å²) in [5.74, 6) is -0.279. The first kappa shape index (κ1) is 18.9. The van der Waals surface area contributed by atoms with Crippen molar-refractivity contribution in [1.82, 2.24) is 4.90 Å². The Morgan fingerprint density at radius 3 is 2.29 bits per heavy atom. The molecule has 3 nitrogen and oxygen atoms in total. The average molecular weight is 364 g/mol. The summed E-state index contributed by atoms with van der Waals surface area (Å²) < 4.78 is 44.9. The molecule has 1 aromatic carbocycles. The fourth-order valence-electron chi connectivity index (χ4n) is 2.83. The van der Waals surface area contributed by atoms with E-state index in [4.69, 9.17) is 16.3 Å². The highest BCUT2D eigenvalue weighted by atomic mass is 35.5. The zero-order valence-corrected chi connectivity index (χ0v) is 14.7. The molecule has 0 saturated carbocycles. The van der Waals surface area contributed by atoms with E-state index in [0.717, 1.165) is 6.07 Å². The van der Waals surface area contributed by atoms with Crippen molar-refractivity contribution < 1.29 is 22.7 Å². The highest BCUT2D eigenvalue weighted by Gasteiger charge is 2.36. The van der Waals surface area contributed by atoms with Crippen LogP contribution in [-0.4, -0.2) is 29.7 Å². The third-order valence-electron chi connectivity index (χ3n) is 3.91. The fourth-order valence-corrected chi connectivity index (χ4v) is 3.01. The Hall–Kier alpha value is -1.43. The zero-order valence-electron chi connectivity index (χ0n) is 13.9. The fraction of sp³-hybridized carbons (Fsp3) is 0.588. The number of hydrogen-bond acceptors (Lipinski definition) is 2. The first-order chi connectivity index (χ1) is 11.0. The predicted octanol–water partition coefficient (Wildman–Crippen LogP) is 5.47. The molecule has 1 aliphatic rings. The Balaban J connectivity index is 2.10. The highest BCUT2D eigenvalue weighted by molar-refractivity contribution is 6.30. The van der Waals surface area contributed by atoms with E-state index in [1.54, 1.807) is 25.7 Å². The molecule has 1 heterocycles. The lowest BCUT2D eigenvalue weighted by molar-refractivity contribution is -0.138. The minimum Gasteiger partial charge on any atom is -0.444 e. The molecular formula is C17H21ClF3NO2. The van der Waals surface area contributed by atoms with Gasteiger partial charge in [-0.1, -0.05) is 11.6 Å². The van der Waals surface area contributed by atoms with Gasteiger partial charge in [-0.2, -0.15) is 13.2 Å². The van der Waals surface area contributed by atoms with E-state index in [-0.39, 0.29) is 16.5 Å². The summed E-state index contributed by atoms with van der Waals surface area (Å²) in [6, 6.07) is 3.67. The number of amides is 1. The summed E-state index contributed by atoms with van der Waals surface area (Å²) in [5.41, 5.74) is -1.04. The summed E-state index contributed by atoms with van der Waals surface area (Å²) in [6.07, 6.45) is -3.95. The van der Waals surface area contributed by atoms with E-state index in [0.29, 0.717) is 25.9 Å². The van der Waals surface area contributed by atoms with Crippen molar-refractivity contribution >= 4 is 17.7 Å². The zero-order chi connectivity index (χ0) is 18.1. The average Bonchev–Trinajstić information content (AvgIpc) is 2.44. The lowest BCUT2D eigenvalue weighted by Crippen LogP contribution is -2.41. The van der Waals surface area contributed by atoms with E-state index in [1.165, 1.54) is 12.1 Å². The molecule has 0 N–H and O–H groups in total. The van der Waals surface area contributed by atoms with Crippen LogP contribution >= 0.6 is 11.6 Å². The number of ether oxygens (including phenoxy) is 1. The Morgan fingerprint density at radius 2 is 1.79 bits per heavy atom. The van der Waals surface area contributed by atoms with Crippen LogP contribution in [0.3, 0.4) is 0 Å². The summed E-state index contributed by atoms with van der Waals surface area (Å²) in [4.78, 5) is 13.6. The number of likely N-dealkylation sites (tertiary alicyclic amines) is 1. The second-order valence-corrected chi connectivity index (χ2v) is 7.41. The maximum Gasteiger partial charge on any atom is 0.416 e. The maximum atomic E-state index is 13.2. The molecule has 0 unspecified atom stereocenters. The van der Waals surface area contributed by atoms with Gasteiger partial charge in [0.2, 0.25) is 0 Å². The molecular weight excluding hydrogens is 343 g/mol. The van der Waals surface area contributed by atoms with Gasteiger partial charge in [-0.05, 0) is 63.3 Å². The molecule has 1 amide bonds. The Morgan fingerprint density at radius 1 is 1.21 bits per heavy atom. The first-order valence-electron chi connectivity index (χ1n) is 7.82. The summed E-state index contributed by atoms with van der Waals surface area (Å²) in [7, 11) is 0. The first-order valence-corrected chi connectivity index (χ1v) is 8.20. The minimum absolute atomic E-state index is 0.207. The van der Waals surface area contributed by atoms with Gasteiger partial charge < -0.3 is 9.64 Å². The van der Waals surface area contributed by atoms with Gasteiger partial charge >= 0.3 is 12.3 Å². The molecule has 0 aromatic heterocycles. The van der Waals surface area contributed by atoms with Gasteiger partial charge in [-0.3, -0.25) is 0 Å². The van der Waals surface area contributed by atoms with Crippen molar-refractivity contribution in [3.05, 3.63) is 34.3 Å². The molecule has 0 aliphatic carbocycles. The van der Waals surface area contributed by atoms with Crippen molar-refractivity contribution in [2.24, 2.45) is 0 Å². The molecule has 0 bridgehead atoms. The van der Waals surface area contributed by atoms with Crippen LogP contribution in [0, 0.1) is 0 Å². The van der Waals surface area contributed by atoms with Gasteiger partial charge in [-0.15, -0.1) is 0 Å². The Kier molecular flexibility index (Phi) is 5.37. The van der Waals surface area contributed by atoms with Gasteiger partial charge in [0.15, 0.2) is 0 Å². The van der Waals surface area contributed by atoms with Crippen LogP contribution in [0.1, 0.15) is 50.7 Å². The molecule has 2 rings (SSSR count). The van der Waals surface area contributed by atoms with Crippen molar-refractivity contribution in [1.29, 1.82) is 0 Å². The molecule has 1 aromatic rings. The van der Waals surface area contributed by atoms with Gasteiger partial charge in [0.1, 0.15) is 5.60 Å². The lowest BCUT2D eigenvalue weighted by atomic mass is 9.86. The number of hydrogen-bond donors (Lipinski definition) is 0. The molecule has 24 heavy (non-hydrogen) atoms. The SMILES string of the molecule is CC(C)(C)OC(=O)N1CCC(c2cc(Cl)ccc2C(F)(F)F)CC1. The number of carbonyl (C=O) groups excluding carboxylic acids is 1. The molecule has 1 fully saturated rings. The van der Waals surface area contributed by atoms with Crippen molar-refractivity contribution in [3.8, 4) is 0 Å². The van der Waals surface area contributed by atoms with Crippen molar-refractivity contribution in [2.45, 2.75) is 51.3 Å². The predicted molar refractivity (Wildman–Crippen MR) is 86.2 cm³/mol. The number of benzene rings is 1. The van der Waals surface area contributed by atoms with Gasteiger partial charge in [0.25, 0.3) is 0 Å². The Labute approximate surface area is 144 Å². The molecule has 1 saturated heterocycles.